The van der Waals surface area contributed by atoms with Gasteiger partial charge in [-0.3, -0.25) is 19.8 Å². The minimum atomic E-state index is -0.372. The van der Waals surface area contributed by atoms with E-state index in [1.54, 1.807) is 11.8 Å². The van der Waals surface area contributed by atoms with E-state index in [9.17, 15) is 4.79 Å². The summed E-state index contributed by atoms with van der Waals surface area (Å²) >= 11 is 0. The average Bonchev–Trinajstić information content (AvgIpc) is 3.46. The van der Waals surface area contributed by atoms with Gasteiger partial charge in [0, 0.05) is 64.0 Å². The Labute approximate surface area is 240 Å². The van der Waals surface area contributed by atoms with E-state index in [1.165, 1.54) is 11.1 Å². The summed E-state index contributed by atoms with van der Waals surface area (Å²) in [4.78, 5) is 28.4. The molecule has 1 fully saturated rings. The summed E-state index contributed by atoms with van der Waals surface area (Å²) in [5.41, 5.74) is 7.11. The molecule has 216 valence electrons. The van der Waals surface area contributed by atoms with E-state index in [0.29, 0.717) is 19.6 Å². The topological polar surface area (TPSA) is 119 Å². The first kappa shape index (κ1) is 28.7. The molecule has 1 aliphatic heterocycles. The number of anilines is 1. The van der Waals surface area contributed by atoms with E-state index < -0.39 is 0 Å². The van der Waals surface area contributed by atoms with E-state index in [1.807, 2.05) is 18.2 Å². The zero-order valence-electron chi connectivity index (χ0n) is 23.6. The van der Waals surface area contributed by atoms with Crippen molar-refractivity contribution in [2.75, 3.05) is 51.3 Å². The van der Waals surface area contributed by atoms with Gasteiger partial charge >= 0.3 is 0 Å². The normalized spacial score (nSPS) is 15.2. The summed E-state index contributed by atoms with van der Waals surface area (Å²) in [5.74, 6) is 0.450. The Balaban J connectivity index is 1.10. The number of benzene rings is 2. The first-order chi connectivity index (χ1) is 20.1. The van der Waals surface area contributed by atoms with Crippen LogP contribution in [0.5, 0.6) is 0 Å². The monoisotopic (exact) mass is 557 g/mol. The average molecular weight is 558 g/mol. The number of carbonyl (C=O) groups is 1. The van der Waals surface area contributed by atoms with E-state index in [0.717, 1.165) is 67.4 Å². The fourth-order valence-corrected chi connectivity index (χ4v) is 5.15. The van der Waals surface area contributed by atoms with Gasteiger partial charge in [0.2, 0.25) is 5.91 Å². The number of nitrogens with one attached hydrogen (secondary N) is 3. The molecule has 1 atom stereocenters. The third kappa shape index (κ3) is 7.89. The third-order valence-electron chi connectivity index (χ3n) is 7.58. The molecule has 4 aromatic rings. The van der Waals surface area contributed by atoms with Gasteiger partial charge in [-0.2, -0.15) is 0 Å². The zero-order valence-corrected chi connectivity index (χ0v) is 23.6. The summed E-state index contributed by atoms with van der Waals surface area (Å²) < 4.78 is 5.63. The first-order valence-electron chi connectivity index (χ1n) is 14.3. The van der Waals surface area contributed by atoms with Crippen LogP contribution in [-0.4, -0.2) is 81.8 Å². The van der Waals surface area contributed by atoms with Crippen LogP contribution < -0.4 is 10.8 Å². The standard InChI is InChI=1S/C31H39N7O3/c1-23(25-6-3-2-4-7-25)34-30-27-20-28(35-31(27)33-22-32-30)26-11-9-24(10-12-26)21-38-15-13-37(14-16-38)17-19-41-18-5-8-29(39)36-40/h2-4,6-7,9-12,20,22-23,40H,5,8,13-19,21H2,1H3,(H,36,39)(H2,32,33,34,35)/t23-/m1/s1. The molecule has 41 heavy (non-hydrogen) atoms. The van der Waals surface area contributed by atoms with Gasteiger partial charge in [0.15, 0.2) is 0 Å². The number of piperazine rings is 1. The van der Waals surface area contributed by atoms with Crippen molar-refractivity contribution in [1.29, 1.82) is 0 Å². The highest BCUT2D eigenvalue weighted by Gasteiger charge is 2.17. The SMILES string of the molecule is C[C@@H](Nc1ncnc2[nH]c(-c3ccc(CN4CCN(CCOCCCC(=O)NO)CC4)cc3)cc12)c1ccccc1. The number of aromatic nitrogens is 3. The lowest BCUT2D eigenvalue weighted by molar-refractivity contribution is -0.129. The van der Waals surface area contributed by atoms with Crippen LogP contribution in [0.4, 0.5) is 5.82 Å². The molecule has 2 aromatic heterocycles. The Hall–Kier alpha value is -3.83. The molecule has 3 heterocycles. The van der Waals surface area contributed by atoms with Crippen molar-refractivity contribution in [1.82, 2.24) is 30.2 Å². The molecule has 0 saturated carbocycles. The van der Waals surface area contributed by atoms with E-state index in [2.05, 4.69) is 79.5 Å². The maximum absolute atomic E-state index is 11.0. The molecule has 10 heteroatoms. The largest absolute Gasteiger partial charge is 0.380 e. The van der Waals surface area contributed by atoms with Crippen LogP contribution in [0.2, 0.25) is 0 Å². The number of hydrogen-bond acceptors (Lipinski definition) is 8. The predicted molar refractivity (Wildman–Crippen MR) is 160 cm³/mol. The molecule has 1 amide bonds. The molecule has 5 rings (SSSR count). The molecule has 1 aliphatic rings. The minimum absolute atomic E-state index is 0.126. The molecule has 4 N–H and O–H groups in total. The Bertz CT molecular complexity index is 1390. The van der Waals surface area contributed by atoms with E-state index >= 15 is 0 Å². The lowest BCUT2D eigenvalue weighted by atomic mass is 10.1. The summed E-state index contributed by atoms with van der Waals surface area (Å²) in [7, 11) is 0. The molecule has 1 saturated heterocycles. The number of ether oxygens (including phenoxy) is 1. The Morgan fingerprint density at radius 3 is 2.54 bits per heavy atom. The fraction of sp³-hybridized carbons (Fsp3) is 0.387. The van der Waals surface area contributed by atoms with Gasteiger partial charge < -0.3 is 15.0 Å². The van der Waals surface area contributed by atoms with Crippen molar-refractivity contribution in [2.45, 2.75) is 32.4 Å². The maximum atomic E-state index is 11.0. The lowest BCUT2D eigenvalue weighted by Crippen LogP contribution is -2.46. The molecule has 2 aromatic carbocycles. The fourth-order valence-electron chi connectivity index (χ4n) is 5.15. The predicted octanol–water partition coefficient (Wildman–Crippen LogP) is 4.22. The van der Waals surface area contributed by atoms with Gasteiger partial charge in [0.25, 0.3) is 0 Å². The van der Waals surface area contributed by atoms with Gasteiger partial charge in [-0.25, -0.2) is 15.4 Å². The summed E-state index contributed by atoms with van der Waals surface area (Å²) in [6.07, 6.45) is 2.49. The number of carbonyl (C=O) groups excluding carboxylic acids is 1. The lowest BCUT2D eigenvalue weighted by Gasteiger charge is -2.34. The van der Waals surface area contributed by atoms with E-state index in [-0.39, 0.29) is 18.4 Å². The van der Waals surface area contributed by atoms with Gasteiger partial charge in [0.1, 0.15) is 17.8 Å². The third-order valence-corrected chi connectivity index (χ3v) is 7.58. The molecular weight excluding hydrogens is 518 g/mol. The van der Waals surface area contributed by atoms with Crippen molar-refractivity contribution in [3.63, 3.8) is 0 Å². The van der Waals surface area contributed by atoms with Crippen LogP contribution >= 0.6 is 0 Å². The molecule has 0 unspecified atom stereocenters. The highest BCUT2D eigenvalue weighted by molar-refractivity contribution is 5.91. The second kappa shape index (κ2) is 14.2. The number of fused-ring (bicyclic) bond motifs is 1. The van der Waals surface area contributed by atoms with Gasteiger partial charge in [-0.05, 0) is 36.1 Å². The number of aromatic amines is 1. The van der Waals surface area contributed by atoms with Crippen LogP contribution in [0, 0.1) is 0 Å². The quantitative estimate of drug-likeness (QED) is 0.110. The van der Waals surface area contributed by atoms with Crippen molar-refractivity contribution in [2.24, 2.45) is 0 Å². The molecular formula is C31H39N7O3. The summed E-state index contributed by atoms with van der Waals surface area (Å²) in [6.45, 7) is 9.23. The highest BCUT2D eigenvalue weighted by atomic mass is 16.5. The smallest absolute Gasteiger partial charge is 0.243 e. The Morgan fingerprint density at radius 1 is 1.02 bits per heavy atom. The van der Waals surface area contributed by atoms with Crippen LogP contribution in [0.3, 0.4) is 0 Å². The van der Waals surface area contributed by atoms with Gasteiger partial charge in [-0.15, -0.1) is 0 Å². The number of H-pyrrole nitrogens is 1. The van der Waals surface area contributed by atoms with Crippen LogP contribution in [-0.2, 0) is 16.1 Å². The molecule has 0 bridgehead atoms. The number of hydrogen-bond donors (Lipinski definition) is 4. The van der Waals surface area contributed by atoms with Gasteiger partial charge in [0.05, 0.1) is 12.0 Å². The Morgan fingerprint density at radius 2 is 1.78 bits per heavy atom. The summed E-state index contributed by atoms with van der Waals surface area (Å²) in [5, 5.41) is 13.0. The zero-order chi connectivity index (χ0) is 28.4. The number of hydroxylamine groups is 1. The van der Waals surface area contributed by atoms with Crippen LogP contribution in [0.25, 0.3) is 22.3 Å². The van der Waals surface area contributed by atoms with Crippen LogP contribution in [0.1, 0.15) is 36.9 Å². The second-order valence-electron chi connectivity index (χ2n) is 10.5. The minimum Gasteiger partial charge on any atom is -0.380 e. The van der Waals surface area contributed by atoms with Crippen molar-refractivity contribution in [3.05, 3.63) is 78.1 Å². The van der Waals surface area contributed by atoms with Crippen molar-refractivity contribution < 1.29 is 14.7 Å². The highest BCUT2D eigenvalue weighted by Crippen LogP contribution is 2.29. The van der Waals surface area contributed by atoms with Crippen molar-refractivity contribution in [3.8, 4) is 11.3 Å². The second-order valence-corrected chi connectivity index (χ2v) is 10.5. The Kier molecular flexibility index (Phi) is 9.92. The number of nitrogens with zero attached hydrogens (tertiary/aromatic N) is 4. The molecule has 0 aliphatic carbocycles. The first-order valence-corrected chi connectivity index (χ1v) is 14.3. The molecule has 0 spiro atoms. The summed E-state index contributed by atoms with van der Waals surface area (Å²) in [6, 6.07) is 21.4. The van der Waals surface area contributed by atoms with Crippen LogP contribution in [0.15, 0.2) is 67.0 Å². The van der Waals surface area contributed by atoms with Gasteiger partial charge in [-0.1, -0.05) is 54.6 Å². The van der Waals surface area contributed by atoms with E-state index in [4.69, 9.17) is 9.94 Å². The number of rotatable bonds is 13. The maximum Gasteiger partial charge on any atom is 0.243 e. The molecule has 0 radical (unpaired) electrons. The van der Waals surface area contributed by atoms with Crippen molar-refractivity contribution >= 4 is 22.8 Å². The number of amides is 1. The molecule has 10 nitrogen and oxygen atoms in total.